The average molecular weight is 434 g/mol. The minimum atomic E-state index is -3.62. The van der Waals surface area contributed by atoms with Crippen molar-refractivity contribution >= 4 is 27.6 Å². The van der Waals surface area contributed by atoms with Crippen LogP contribution in [0.2, 0.25) is 0 Å². The number of phenols is 1. The molecule has 160 valence electrons. The van der Waals surface area contributed by atoms with Gasteiger partial charge in [0.1, 0.15) is 11.3 Å². The number of morpholine rings is 1. The first kappa shape index (κ1) is 21.8. The Morgan fingerprint density at radius 2 is 1.80 bits per heavy atom. The number of ether oxygens (including phenoxy) is 2. The summed E-state index contributed by atoms with van der Waals surface area (Å²) >= 11 is 0. The van der Waals surface area contributed by atoms with Crippen LogP contribution in [-0.2, 0) is 24.3 Å². The molecule has 1 fully saturated rings. The lowest BCUT2D eigenvalue weighted by atomic mass is 10.1. The molecule has 1 saturated heterocycles. The van der Waals surface area contributed by atoms with Gasteiger partial charge in [0.15, 0.2) is 6.61 Å². The van der Waals surface area contributed by atoms with Crippen LogP contribution in [0.1, 0.15) is 15.9 Å². The molecule has 1 aliphatic heterocycles. The molecular weight excluding hydrogens is 412 g/mol. The summed E-state index contributed by atoms with van der Waals surface area (Å²) in [6, 6.07) is 10.2. The summed E-state index contributed by atoms with van der Waals surface area (Å²) in [5, 5.41) is 12.3. The number of sulfonamides is 1. The number of esters is 1. The molecule has 0 atom stereocenters. The highest BCUT2D eigenvalue weighted by atomic mass is 32.2. The Labute approximate surface area is 174 Å². The zero-order chi connectivity index (χ0) is 21.7. The Morgan fingerprint density at radius 3 is 2.43 bits per heavy atom. The van der Waals surface area contributed by atoms with E-state index in [1.807, 2.05) is 0 Å². The average Bonchev–Trinajstić information content (AvgIpc) is 2.73. The minimum Gasteiger partial charge on any atom is -0.507 e. The maximum Gasteiger partial charge on any atom is 0.342 e. The van der Waals surface area contributed by atoms with Crippen molar-refractivity contribution < 1.29 is 32.6 Å². The second kappa shape index (κ2) is 9.24. The molecule has 0 saturated carbocycles. The molecule has 9 nitrogen and oxygen atoms in total. The van der Waals surface area contributed by atoms with Crippen molar-refractivity contribution in [3.05, 3.63) is 53.6 Å². The van der Waals surface area contributed by atoms with Gasteiger partial charge in [0.25, 0.3) is 5.91 Å². The van der Waals surface area contributed by atoms with Crippen LogP contribution in [0.5, 0.6) is 5.75 Å². The van der Waals surface area contributed by atoms with Gasteiger partial charge in [-0.15, -0.1) is 0 Å². The first-order valence-corrected chi connectivity index (χ1v) is 10.7. The first-order valence-electron chi connectivity index (χ1n) is 9.22. The van der Waals surface area contributed by atoms with Crippen LogP contribution in [-0.4, -0.2) is 62.6 Å². The smallest absolute Gasteiger partial charge is 0.342 e. The molecule has 30 heavy (non-hydrogen) atoms. The van der Waals surface area contributed by atoms with Gasteiger partial charge in [-0.2, -0.15) is 4.31 Å². The lowest BCUT2D eigenvalue weighted by Gasteiger charge is -2.26. The van der Waals surface area contributed by atoms with Crippen LogP contribution >= 0.6 is 0 Å². The van der Waals surface area contributed by atoms with E-state index in [1.165, 1.54) is 40.7 Å². The zero-order valence-electron chi connectivity index (χ0n) is 16.3. The minimum absolute atomic E-state index is 0.0360. The summed E-state index contributed by atoms with van der Waals surface area (Å²) in [5.41, 5.74) is 1.10. The number of nitrogens with zero attached hydrogens (tertiary/aromatic N) is 1. The number of carbonyl (C=O) groups is 2. The van der Waals surface area contributed by atoms with Crippen LogP contribution in [0.25, 0.3) is 0 Å². The highest BCUT2D eigenvalue weighted by molar-refractivity contribution is 7.89. The van der Waals surface area contributed by atoms with Crippen molar-refractivity contribution in [1.29, 1.82) is 0 Å². The molecule has 2 aromatic carbocycles. The lowest BCUT2D eigenvalue weighted by molar-refractivity contribution is -0.119. The van der Waals surface area contributed by atoms with Gasteiger partial charge < -0.3 is 19.9 Å². The van der Waals surface area contributed by atoms with Gasteiger partial charge in [-0.25, -0.2) is 13.2 Å². The standard InChI is InChI=1S/C20H22N2O7S/c1-14-2-7-17(18(23)12-14)20(25)29-13-19(24)21-15-3-5-16(6-4-15)30(26,27)22-8-10-28-11-9-22/h2-7,12,23H,8-11,13H2,1H3,(H,21,24). The fraction of sp³-hybridized carbons (Fsp3) is 0.300. The number of phenolic OH excluding ortho intramolecular Hbond substituents is 1. The Bertz CT molecular complexity index is 1030. The largest absolute Gasteiger partial charge is 0.507 e. The van der Waals surface area contributed by atoms with Gasteiger partial charge in [0.2, 0.25) is 10.0 Å². The molecule has 0 spiro atoms. The molecule has 1 heterocycles. The summed E-state index contributed by atoms with van der Waals surface area (Å²) in [5.74, 6) is -1.65. The van der Waals surface area contributed by atoms with Crippen molar-refractivity contribution in [2.75, 3.05) is 38.2 Å². The second-order valence-electron chi connectivity index (χ2n) is 6.69. The van der Waals surface area contributed by atoms with Crippen LogP contribution in [0.4, 0.5) is 5.69 Å². The monoisotopic (exact) mass is 434 g/mol. The summed E-state index contributed by atoms with van der Waals surface area (Å²) in [6.07, 6.45) is 0. The molecule has 0 unspecified atom stereocenters. The Balaban J connectivity index is 1.56. The third kappa shape index (κ3) is 5.15. The molecule has 1 amide bonds. The van der Waals surface area contributed by atoms with E-state index in [-0.39, 0.29) is 16.2 Å². The third-order valence-corrected chi connectivity index (χ3v) is 6.37. The number of hydrogen-bond acceptors (Lipinski definition) is 7. The van der Waals surface area contributed by atoms with Gasteiger partial charge in [-0.3, -0.25) is 4.79 Å². The van der Waals surface area contributed by atoms with E-state index >= 15 is 0 Å². The van der Waals surface area contributed by atoms with Crippen molar-refractivity contribution in [3.63, 3.8) is 0 Å². The molecule has 2 aromatic rings. The van der Waals surface area contributed by atoms with Gasteiger partial charge >= 0.3 is 5.97 Å². The third-order valence-electron chi connectivity index (χ3n) is 4.45. The fourth-order valence-electron chi connectivity index (χ4n) is 2.87. The van der Waals surface area contributed by atoms with Crippen molar-refractivity contribution in [2.24, 2.45) is 0 Å². The van der Waals surface area contributed by atoms with E-state index in [0.717, 1.165) is 5.56 Å². The molecule has 3 rings (SSSR count). The quantitative estimate of drug-likeness (QED) is 0.661. The van der Waals surface area contributed by atoms with Gasteiger partial charge in [0, 0.05) is 18.8 Å². The summed E-state index contributed by atoms with van der Waals surface area (Å²) < 4.78 is 36.6. The van der Waals surface area contributed by atoms with Crippen LogP contribution in [0, 0.1) is 6.92 Å². The number of amides is 1. The highest BCUT2D eigenvalue weighted by Gasteiger charge is 2.26. The van der Waals surface area contributed by atoms with Crippen molar-refractivity contribution in [1.82, 2.24) is 4.31 Å². The van der Waals surface area contributed by atoms with Crippen molar-refractivity contribution in [2.45, 2.75) is 11.8 Å². The predicted molar refractivity (Wildman–Crippen MR) is 108 cm³/mol. The van der Waals surface area contributed by atoms with E-state index in [9.17, 15) is 23.1 Å². The van der Waals surface area contributed by atoms with E-state index in [1.54, 1.807) is 13.0 Å². The Morgan fingerprint density at radius 1 is 1.13 bits per heavy atom. The fourth-order valence-corrected chi connectivity index (χ4v) is 4.27. The van der Waals surface area contributed by atoms with Crippen LogP contribution in [0.15, 0.2) is 47.4 Å². The molecule has 10 heteroatoms. The Kier molecular flexibility index (Phi) is 6.70. The van der Waals surface area contributed by atoms with Crippen molar-refractivity contribution in [3.8, 4) is 5.75 Å². The molecule has 0 aromatic heterocycles. The SMILES string of the molecule is Cc1ccc(C(=O)OCC(=O)Nc2ccc(S(=O)(=O)N3CCOCC3)cc2)c(O)c1. The predicted octanol–water partition coefficient (Wildman–Crippen LogP) is 1.52. The van der Waals surface area contributed by atoms with Gasteiger partial charge in [-0.05, 0) is 48.9 Å². The first-order chi connectivity index (χ1) is 14.3. The number of anilines is 1. The van der Waals surface area contributed by atoms with Crippen LogP contribution < -0.4 is 5.32 Å². The molecule has 0 aliphatic carbocycles. The summed E-state index contributed by atoms with van der Waals surface area (Å²) in [6.45, 7) is 2.50. The number of aryl methyl sites for hydroxylation is 1. The summed E-state index contributed by atoms with van der Waals surface area (Å²) in [4.78, 5) is 24.1. The molecular formula is C20H22N2O7S. The van der Waals surface area contributed by atoms with E-state index in [4.69, 9.17) is 9.47 Å². The normalized spacial score (nSPS) is 14.8. The van der Waals surface area contributed by atoms with E-state index < -0.39 is 28.5 Å². The number of benzene rings is 2. The number of nitrogens with one attached hydrogen (secondary N) is 1. The maximum absolute atomic E-state index is 12.6. The number of hydrogen-bond donors (Lipinski definition) is 2. The number of carbonyl (C=O) groups excluding carboxylic acids is 2. The topological polar surface area (TPSA) is 122 Å². The molecule has 2 N–H and O–H groups in total. The zero-order valence-corrected chi connectivity index (χ0v) is 17.1. The van der Waals surface area contributed by atoms with Gasteiger partial charge in [0.05, 0.1) is 18.1 Å². The number of rotatable bonds is 6. The molecule has 1 aliphatic rings. The van der Waals surface area contributed by atoms with Gasteiger partial charge in [-0.1, -0.05) is 6.07 Å². The molecule has 0 radical (unpaired) electrons. The number of aromatic hydroxyl groups is 1. The Hall–Kier alpha value is -2.95. The second-order valence-corrected chi connectivity index (χ2v) is 8.62. The highest BCUT2D eigenvalue weighted by Crippen LogP contribution is 2.20. The maximum atomic E-state index is 12.6. The lowest BCUT2D eigenvalue weighted by Crippen LogP contribution is -2.40. The van der Waals surface area contributed by atoms with E-state index in [2.05, 4.69) is 5.32 Å². The molecule has 0 bridgehead atoms. The van der Waals surface area contributed by atoms with Crippen LogP contribution in [0.3, 0.4) is 0 Å². The summed E-state index contributed by atoms with van der Waals surface area (Å²) in [7, 11) is -3.62. The van der Waals surface area contributed by atoms with E-state index in [0.29, 0.717) is 32.0 Å².